The fourth-order valence-corrected chi connectivity index (χ4v) is 2.33. The van der Waals surface area contributed by atoms with Crippen molar-refractivity contribution < 1.29 is 9.47 Å². The molecule has 0 amide bonds. The molecule has 0 aromatic heterocycles. The van der Waals surface area contributed by atoms with Gasteiger partial charge >= 0.3 is 0 Å². The molecule has 4 heteroatoms. The van der Waals surface area contributed by atoms with Gasteiger partial charge in [-0.3, -0.25) is 4.90 Å². The Hall–Kier alpha value is -1.71. The van der Waals surface area contributed by atoms with Crippen molar-refractivity contribution in [2.24, 2.45) is 0 Å². The first-order valence-corrected chi connectivity index (χ1v) is 8.74. The summed E-state index contributed by atoms with van der Waals surface area (Å²) in [4.78, 5) is 2.39. The van der Waals surface area contributed by atoms with Crippen LogP contribution in [0, 0.1) is 0 Å². The first-order chi connectivity index (χ1) is 11.7. The fraction of sp³-hybridized carbons (Fsp3) is 0.429. The van der Waals surface area contributed by atoms with E-state index in [0.717, 1.165) is 36.7 Å². The molecular formula is C21H32ClNO2. The van der Waals surface area contributed by atoms with Crippen molar-refractivity contribution in [2.45, 2.75) is 33.7 Å². The van der Waals surface area contributed by atoms with Crippen LogP contribution in [0.3, 0.4) is 0 Å². The summed E-state index contributed by atoms with van der Waals surface area (Å²) in [6.45, 7) is 7.60. The van der Waals surface area contributed by atoms with Crippen LogP contribution in [-0.2, 0) is 12.4 Å². The number of alkyl halides is 1. The number of ether oxygens (including phenoxy) is 2. The lowest BCUT2D eigenvalue weighted by molar-refractivity contribution is 0.295. The number of rotatable bonds is 7. The molecule has 25 heavy (non-hydrogen) atoms. The van der Waals surface area contributed by atoms with Crippen LogP contribution in [0.5, 0.6) is 11.5 Å². The molecule has 0 N–H and O–H groups in total. The number of methoxy groups -OCH3 is 2. The Labute approximate surface area is 158 Å². The van der Waals surface area contributed by atoms with Crippen LogP contribution >= 0.6 is 11.6 Å². The predicted molar refractivity (Wildman–Crippen MR) is 109 cm³/mol. The van der Waals surface area contributed by atoms with E-state index in [0.29, 0.717) is 5.88 Å². The van der Waals surface area contributed by atoms with Gasteiger partial charge in [-0.05, 0) is 48.5 Å². The van der Waals surface area contributed by atoms with E-state index < -0.39 is 0 Å². The van der Waals surface area contributed by atoms with E-state index in [9.17, 15) is 0 Å². The van der Waals surface area contributed by atoms with Crippen molar-refractivity contribution in [3.05, 3.63) is 59.7 Å². The topological polar surface area (TPSA) is 21.7 Å². The third-order valence-electron chi connectivity index (χ3n) is 3.77. The average molecular weight is 366 g/mol. The molecule has 0 fully saturated rings. The molecule has 0 saturated heterocycles. The Morgan fingerprint density at radius 1 is 0.760 bits per heavy atom. The van der Waals surface area contributed by atoms with Gasteiger partial charge in [0.1, 0.15) is 11.5 Å². The Morgan fingerprint density at radius 2 is 1.16 bits per heavy atom. The maximum Gasteiger partial charge on any atom is 0.118 e. The maximum atomic E-state index is 5.58. The quantitative estimate of drug-likeness (QED) is 0.595. The molecule has 2 aromatic rings. The zero-order valence-corrected chi connectivity index (χ0v) is 15.8. The molecule has 140 valence electrons. The third kappa shape index (κ3) is 8.80. The average Bonchev–Trinajstić information content (AvgIpc) is 2.67. The highest BCUT2D eigenvalue weighted by molar-refractivity contribution is 6.17. The summed E-state index contributed by atoms with van der Waals surface area (Å²) in [6, 6.07) is 16.0. The SMILES string of the molecule is C.CCN(CC)Cc1ccc(OC)cc1.COc1ccc(CCl)cc1. The number of halogens is 1. The van der Waals surface area contributed by atoms with E-state index in [1.165, 1.54) is 5.56 Å². The Bertz CT molecular complexity index is 528. The summed E-state index contributed by atoms with van der Waals surface area (Å²) in [5.41, 5.74) is 2.46. The van der Waals surface area contributed by atoms with Crippen molar-refractivity contribution in [1.82, 2.24) is 4.90 Å². The minimum absolute atomic E-state index is 0. The molecule has 3 nitrogen and oxygen atoms in total. The van der Waals surface area contributed by atoms with Crippen LogP contribution in [-0.4, -0.2) is 32.2 Å². The molecular weight excluding hydrogens is 334 g/mol. The van der Waals surface area contributed by atoms with Crippen molar-refractivity contribution in [1.29, 1.82) is 0 Å². The molecule has 0 spiro atoms. The summed E-state index contributed by atoms with van der Waals surface area (Å²) in [6.07, 6.45) is 0. The fourth-order valence-electron chi connectivity index (χ4n) is 2.15. The monoisotopic (exact) mass is 365 g/mol. The molecule has 0 bridgehead atoms. The van der Waals surface area contributed by atoms with E-state index in [2.05, 4.69) is 30.9 Å². The highest BCUT2D eigenvalue weighted by Crippen LogP contribution is 2.13. The zero-order valence-electron chi connectivity index (χ0n) is 15.1. The normalized spacial score (nSPS) is 9.68. The van der Waals surface area contributed by atoms with Crippen molar-refractivity contribution in [3.8, 4) is 11.5 Å². The van der Waals surface area contributed by atoms with Gasteiger partial charge in [-0.25, -0.2) is 0 Å². The van der Waals surface area contributed by atoms with Gasteiger partial charge in [-0.2, -0.15) is 0 Å². The van der Waals surface area contributed by atoms with Gasteiger partial charge in [0.15, 0.2) is 0 Å². The van der Waals surface area contributed by atoms with E-state index >= 15 is 0 Å². The molecule has 2 aromatic carbocycles. The summed E-state index contributed by atoms with van der Waals surface area (Å²) in [7, 11) is 3.34. The van der Waals surface area contributed by atoms with Crippen molar-refractivity contribution >= 4 is 11.6 Å². The highest BCUT2D eigenvalue weighted by Gasteiger charge is 2.00. The molecule has 0 aliphatic heterocycles. The third-order valence-corrected chi connectivity index (χ3v) is 4.08. The van der Waals surface area contributed by atoms with Gasteiger partial charge in [-0.15, -0.1) is 11.6 Å². The minimum atomic E-state index is 0. The number of hydrogen-bond donors (Lipinski definition) is 0. The van der Waals surface area contributed by atoms with E-state index in [1.807, 2.05) is 36.4 Å². The summed E-state index contributed by atoms with van der Waals surface area (Å²) < 4.78 is 10.1. The predicted octanol–water partition coefficient (Wildman–Crippen LogP) is 5.61. The lowest BCUT2D eigenvalue weighted by Crippen LogP contribution is -2.21. The zero-order chi connectivity index (χ0) is 17.8. The molecule has 2 rings (SSSR count). The lowest BCUT2D eigenvalue weighted by atomic mass is 10.2. The largest absolute Gasteiger partial charge is 0.497 e. The standard InChI is InChI=1S/C12H19NO.C8H9ClO.CH4/c1-4-13(5-2)10-11-6-8-12(14-3)9-7-11;1-10-8-4-2-7(6-9)3-5-8;/h6-9H,4-5,10H2,1-3H3;2-5H,6H2,1H3;1H4. The molecule has 0 radical (unpaired) electrons. The lowest BCUT2D eigenvalue weighted by Gasteiger charge is -2.17. The minimum Gasteiger partial charge on any atom is -0.497 e. The van der Waals surface area contributed by atoms with Crippen molar-refractivity contribution in [3.63, 3.8) is 0 Å². The van der Waals surface area contributed by atoms with Crippen LogP contribution in [0.15, 0.2) is 48.5 Å². The molecule has 0 atom stereocenters. The highest BCUT2D eigenvalue weighted by atomic mass is 35.5. The van der Waals surface area contributed by atoms with Crippen LogP contribution in [0.25, 0.3) is 0 Å². The van der Waals surface area contributed by atoms with Crippen LogP contribution < -0.4 is 9.47 Å². The first kappa shape index (κ1) is 23.3. The second kappa shape index (κ2) is 13.6. The van der Waals surface area contributed by atoms with Gasteiger partial charge in [0, 0.05) is 12.4 Å². The van der Waals surface area contributed by atoms with Gasteiger partial charge in [0.25, 0.3) is 0 Å². The molecule has 0 heterocycles. The number of hydrogen-bond acceptors (Lipinski definition) is 3. The Morgan fingerprint density at radius 3 is 1.48 bits per heavy atom. The van der Waals surface area contributed by atoms with Crippen LogP contribution in [0.1, 0.15) is 32.4 Å². The molecule has 0 saturated carbocycles. The molecule has 0 aliphatic carbocycles. The number of nitrogens with zero attached hydrogens (tertiary/aromatic N) is 1. The van der Waals surface area contributed by atoms with Crippen LogP contribution in [0.2, 0.25) is 0 Å². The van der Waals surface area contributed by atoms with Gasteiger partial charge in [0.2, 0.25) is 0 Å². The maximum absolute atomic E-state index is 5.58. The summed E-state index contributed by atoms with van der Waals surface area (Å²) in [5, 5.41) is 0. The van der Waals surface area contributed by atoms with Gasteiger partial charge < -0.3 is 9.47 Å². The van der Waals surface area contributed by atoms with E-state index in [-0.39, 0.29) is 7.43 Å². The van der Waals surface area contributed by atoms with E-state index in [1.54, 1.807) is 14.2 Å². The smallest absolute Gasteiger partial charge is 0.118 e. The Kier molecular flexibility index (Phi) is 12.6. The Balaban J connectivity index is 0.000000465. The summed E-state index contributed by atoms with van der Waals surface area (Å²) in [5.74, 6) is 2.35. The van der Waals surface area contributed by atoms with Gasteiger partial charge in [0.05, 0.1) is 14.2 Å². The van der Waals surface area contributed by atoms with Crippen molar-refractivity contribution in [2.75, 3.05) is 27.3 Å². The van der Waals surface area contributed by atoms with Gasteiger partial charge in [-0.1, -0.05) is 45.5 Å². The van der Waals surface area contributed by atoms with E-state index in [4.69, 9.17) is 21.1 Å². The second-order valence-corrected chi connectivity index (χ2v) is 5.56. The molecule has 0 aliphatic rings. The molecule has 0 unspecified atom stereocenters. The second-order valence-electron chi connectivity index (χ2n) is 5.29. The van der Waals surface area contributed by atoms with Crippen LogP contribution in [0.4, 0.5) is 0 Å². The number of benzene rings is 2. The summed E-state index contributed by atoms with van der Waals surface area (Å²) >= 11 is 5.58. The first-order valence-electron chi connectivity index (χ1n) is 8.20.